The Morgan fingerprint density at radius 2 is 1.53 bits per heavy atom. The number of ether oxygens (including phenoxy) is 2. The first-order valence-corrected chi connectivity index (χ1v) is 18.1. The fourth-order valence-corrected chi connectivity index (χ4v) is 5.51. The molecule has 1 aromatic carbocycles. The van der Waals surface area contributed by atoms with Crippen LogP contribution < -0.4 is 16.0 Å². The quantitative estimate of drug-likeness (QED) is 0.105. The number of aliphatic hydroxyl groups is 3. The standard InChI is InChI=1S/C38H59N3O12/c1-10-38(8,9)17-27(43)39-18-28(44)41-29(20(2)3)34(48)40-21(4)25(42)16-22-11-12-24(19-52-36(51)37(5,6)7)23(15-22)13-14-26-30(45)31(46)32(47)33(53-26)35(49)50/h11-12,15,20-21,26,29-33,45-47H,10,13-14,16-19H2,1-9H3,(H,39,43)(H,40,48)(H,41,44)(H,49,50)/t21-,26-,29-,30-,31+,32-,33-/m0/s1. The Kier molecular flexibility index (Phi) is 16.6. The molecule has 1 saturated heterocycles. The molecule has 0 aromatic heterocycles. The van der Waals surface area contributed by atoms with Crippen LogP contribution in [0.15, 0.2) is 18.2 Å². The number of carboxylic acid groups (broad SMARTS) is 1. The summed E-state index contributed by atoms with van der Waals surface area (Å²) >= 11 is 0. The van der Waals surface area contributed by atoms with Crippen molar-refractivity contribution < 1.29 is 58.7 Å². The summed E-state index contributed by atoms with van der Waals surface area (Å²) < 4.78 is 10.9. The van der Waals surface area contributed by atoms with E-state index in [1.807, 2.05) is 20.8 Å². The third-order valence-corrected chi connectivity index (χ3v) is 9.42. The number of hydrogen-bond donors (Lipinski definition) is 7. The van der Waals surface area contributed by atoms with Gasteiger partial charge in [0.25, 0.3) is 0 Å². The Bertz CT molecular complexity index is 1470. The predicted octanol–water partition coefficient (Wildman–Crippen LogP) is 1.34. The summed E-state index contributed by atoms with van der Waals surface area (Å²) in [6, 6.07) is 3.14. The Morgan fingerprint density at radius 3 is 2.09 bits per heavy atom. The lowest BCUT2D eigenvalue weighted by molar-refractivity contribution is -0.228. The van der Waals surface area contributed by atoms with Gasteiger partial charge >= 0.3 is 11.9 Å². The molecule has 15 heteroatoms. The Balaban J connectivity index is 2.16. The largest absolute Gasteiger partial charge is 0.479 e. The number of benzene rings is 1. The van der Waals surface area contributed by atoms with Gasteiger partial charge in [-0.2, -0.15) is 0 Å². The molecule has 2 rings (SSSR count). The Hall–Kier alpha value is -3.92. The molecular weight excluding hydrogens is 690 g/mol. The number of rotatable bonds is 18. The van der Waals surface area contributed by atoms with Crippen LogP contribution in [0.2, 0.25) is 0 Å². The fraction of sp³-hybridized carbons (Fsp3) is 0.684. The van der Waals surface area contributed by atoms with E-state index in [1.54, 1.807) is 52.8 Å². The number of carbonyl (C=O) groups excluding carboxylic acids is 5. The first-order valence-electron chi connectivity index (χ1n) is 18.1. The molecule has 0 unspecified atom stereocenters. The average molecular weight is 750 g/mol. The van der Waals surface area contributed by atoms with Gasteiger partial charge in [-0.15, -0.1) is 0 Å². The van der Waals surface area contributed by atoms with Crippen molar-refractivity contribution >= 4 is 35.4 Å². The zero-order valence-electron chi connectivity index (χ0n) is 32.4. The minimum atomic E-state index is -1.83. The molecule has 0 saturated carbocycles. The minimum Gasteiger partial charge on any atom is -0.479 e. The maximum absolute atomic E-state index is 13.3. The van der Waals surface area contributed by atoms with Gasteiger partial charge in [0.15, 0.2) is 11.9 Å². The van der Waals surface area contributed by atoms with Crippen molar-refractivity contribution in [3.63, 3.8) is 0 Å². The second-order valence-corrected chi connectivity index (χ2v) is 16.0. The first kappa shape index (κ1) is 45.2. The summed E-state index contributed by atoms with van der Waals surface area (Å²) in [5, 5.41) is 48.2. The SMILES string of the molecule is CCC(C)(C)CC(=O)NCC(=O)N[C@H](C(=O)N[C@@H](C)C(=O)Cc1ccc(COC(=O)C(C)(C)C)c(CC[C@@H]2O[C@H](C(=O)O)[C@@H](O)[C@H](O)[C@H]2O)c1)C(C)C. The normalized spacial score (nSPS) is 21.6. The summed E-state index contributed by atoms with van der Waals surface area (Å²) in [7, 11) is 0. The van der Waals surface area contributed by atoms with Gasteiger partial charge in [0, 0.05) is 12.8 Å². The summed E-state index contributed by atoms with van der Waals surface area (Å²) in [6.45, 7) is 15.6. The monoisotopic (exact) mass is 749 g/mol. The third-order valence-electron chi connectivity index (χ3n) is 9.42. The van der Waals surface area contributed by atoms with Crippen molar-refractivity contribution in [3.8, 4) is 0 Å². The van der Waals surface area contributed by atoms with Crippen LogP contribution in [0, 0.1) is 16.7 Å². The number of amides is 3. The number of esters is 1. The average Bonchev–Trinajstić information content (AvgIpc) is 3.06. The summed E-state index contributed by atoms with van der Waals surface area (Å²) in [5.74, 6) is -4.01. The molecule has 15 nitrogen and oxygen atoms in total. The molecule has 53 heavy (non-hydrogen) atoms. The minimum absolute atomic E-state index is 0.0154. The van der Waals surface area contributed by atoms with E-state index in [1.165, 1.54) is 6.92 Å². The van der Waals surface area contributed by atoms with Gasteiger partial charge in [-0.3, -0.25) is 24.0 Å². The lowest BCUT2D eigenvalue weighted by Gasteiger charge is -2.39. The lowest BCUT2D eigenvalue weighted by atomic mass is 9.86. The molecule has 298 valence electrons. The van der Waals surface area contributed by atoms with Crippen molar-refractivity contribution in [1.29, 1.82) is 0 Å². The van der Waals surface area contributed by atoms with Crippen LogP contribution in [-0.2, 0) is 57.7 Å². The van der Waals surface area contributed by atoms with Gasteiger partial charge in [0.05, 0.1) is 24.1 Å². The van der Waals surface area contributed by atoms with Crippen LogP contribution in [0.5, 0.6) is 0 Å². The summed E-state index contributed by atoms with van der Waals surface area (Å²) in [4.78, 5) is 75.5. The number of aliphatic hydroxyl groups excluding tert-OH is 3. The molecule has 0 spiro atoms. The highest BCUT2D eigenvalue weighted by Crippen LogP contribution is 2.27. The van der Waals surface area contributed by atoms with Gasteiger partial charge < -0.3 is 45.9 Å². The number of aryl methyl sites for hydroxylation is 1. The van der Waals surface area contributed by atoms with Gasteiger partial charge in [0.1, 0.15) is 31.0 Å². The molecule has 0 bridgehead atoms. The lowest BCUT2D eigenvalue weighted by Crippen LogP contribution is -2.59. The Labute approximate surface area is 311 Å². The number of Topliss-reactive ketones (excluding diaryl/α,β-unsaturated/α-hetero) is 1. The van der Waals surface area contributed by atoms with Crippen molar-refractivity contribution in [1.82, 2.24) is 16.0 Å². The molecule has 1 aliphatic heterocycles. The van der Waals surface area contributed by atoms with Crippen LogP contribution in [0.1, 0.15) is 98.3 Å². The van der Waals surface area contributed by atoms with Crippen LogP contribution in [-0.4, -0.2) is 105 Å². The first-order chi connectivity index (χ1) is 24.5. The van der Waals surface area contributed by atoms with E-state index in [4.69, 9.17) is 9.47 Å². The van der Waals surface area contributed by atoms with Crippen LogP contribution in [0.4, 0.5) is 0 Å². The topological polar surface area (TPSA) is 238 Å². The number of carboxylic acids is 1. The van der Waals surface area contributed by atoms with E-state index in [0.29, 0.717) is 16.7 Å². The molecule has 3 amide bonds. The van der Waals surface area contributed by atoms with Gasteiger partial charge in [-0.05, 0) is 68.6 Å². The number of nitrogens with one attached hydrogen (secondary N) is 3. The zero-order chi connectivity index (χ0) is 40.4. The van der Waals surface area contributed by atoms with E-state index < -0.39 is 71.8 Å². The van der Waals surface area contributed by atoms with Crippen molar-refractivity contribution in [2.75, 3.05) is 6.54 Å². The number of carbonyl (C=O) groups is 6. The second-order valence-electron chi connectivity index (χ2n) is 16.0. The molecule has 0 radical (unpaired) electrons. The zero-order valence-corrected chi connectivity index (χ0v) is 32.4. The molecule has 1 aliphatic rings. The molecule has 1 aromatic rings. The molecule has 7 N–H and O–H groups in total. The van der Waals surface area contributed by atoms with Gasteiger partial charge in [0.2, 0.25) is 17.7 Å². The molecule has 1 heterocycles. The highest BCUT2D eigenvalue weighted by Gasteiger charge is 2.46. The number of hydrogen-bond acceptors (Lipinski definition) is 11. The summed E-state index contributed by atoms with van der Waals surface area (Å²) in [5.41, 5.74) is 0.753. The second kappa shape index (κ2) is 19.4. The van der Waals surface area contributed by atoms with E-state index in [9.17, 15) is 49.2 Å². The third kappa shape index (κ3) is 13.8. The van der Waals surface area contributed by atoms with Gasteiger partial charge in [-0.1, -0.05) is 59.2 Å². The maximum Gasteiger partial charge on any atom is 0.335 e. The fourth-order valence-electron chi connectivity index (χ4n) is 5.51. The molecule has 0 aliphatic carbocycles. The van der Waals surface area contributed by atoms with Crippen molar-refractivity contribution in [2.45, 2.75) is 144 Å². The van der Waals surface area contributed by atoms with Crippen molar-refractivity contribution in [2.24, 2.45) is 16.7 Å². The van der Waals surface area contributed by atoms with E-state index in [-0.39, 0.29) is 61.9 Å². The van der Waals surface area contributed by atoms with Gasteiger partial charge in [-0.25, -0.2) is 4.79 Å². The molecule has 1 fully saturated rings. The van der Waals surface area contributed by atoms with Crippen LogP contribution >= 0.6 is 0 Å². The number of aliphatic carboxylic acids is 1. The predicted molar refractivity (Wildman–Crippen MR) is 193 cm³/mol. The van der Waals surface area contributed by atoms with E-state index in [2.05, 4.69) is 16.0 Å². The highest BCUT2D eigenvalue weighted by atomic mass is 16.6. The maximum atomic E-state index is 13.3. The highest BCUT2D eigenvalue weighted by molar-refractivity contribution is 5.94. The number of ketones is 1. The summed E-state index contributed by atoms with van der Waals surface area (Å²) in [6.07, 6.45) is -6.96. The van der Waals surface area contributed by atoms with E-state index in [0.717, 1.165) is 6.42 Å². The molecule has 7 atom stereocenters. The molecular formula is C38H59N3O12. The van der Waals surface area contributed by atoms with Crippen LogP contribution in [0.25, 0.3) is 0 Å². The smallest absolute Gasteiger partial charge is 0.335 e. The Morgan fingerprint density at radius 1 is 0.887 bits per heavy atom. The van der Waals surface area contributed by atoms with Crippen molar-refractivity contribution in [3.05, 3.63) is 34.9 Å². The van der Waals surface area contributed by atoms with Crippen LogP contribution in [0.3, 0.4) is 0 Å². The van der Waals surface area contributed by atoms with E-state index >= 15 is 0 Å².